The number of rotatable bonds is 7. The fraction of sp³-hybridized carbons (Fsp3) is 0.375. The Morgan fingerprint density at radius 3 is 2.43 bits per heavy atom. The summed E-state index contributed by atoms with van der Waals surface area (Å²) in [5, 5.41) is 8.66. The third kappa shape index (κ3) is 6.58. The maximum atomic E-state index is 12.2. The van der Waals surface area contributed by atoms with Crippen molar-refractivity contribution in [3.63, 3.8) is 0 Å². The highest BCUT2D eigenvalue weighted by Gasteiger charge is 2.14. The molecule has 0 aromatic heterocycles. The molecular formula is C16H20BrNO3. The lowest BCUT2D eigenvalue weighted by atomic mass is 10.2. The van der Waals surface area contributed by atoms with Gasteiger partial charge < -0.3 is 10.0 Å². The molecule has 1 rings (SSSR count). The van der Waals surface area contributed by atoms with Crippen LogP contribution in [0.5, 0.6) is 0 Å². The molecule has 0 aliphatic rings. The number of carboxylic acids is 1. The number of amides is 1. The van der Waals surface area contributed by atoms with Crippen molar-refractivity contribution < 1.29 is 14.7 Å². The van der Waals surface area contributed by atoms with Gasteiger partial charge in [0.05, 0.1) is 0 Å². The molecule has 0 heterocycles. The fourth-order valence-electron chi connectivity index (χ4n) is 1.86. The quantitative estimate of drug-likeness (QED) is 0.762. The molecule has 0 bridgehead atoms. The number of carboxylic acid groups (broad SMARTS) is 1. The lowest BCUT2D eigenvalue weighted by molar-refractivity contribution is -0.138. The molecule has 21 heavy (non-hydrogen) atoms. The smallest absolute Gasteiger partial charge is 0.303 e. The number of aliphatic carboxylic acids is 1. The number of carbonyl (C=O) groups excluding carboxylic acids is 1. The first-order valence-corrected chi connectivity index (χ1v) is 7.65. The Morgan fingerprint density at radius 2 is 1.90 bits per heavy atom. The van der Waals surface area contributed by atoms with E-state index in [0.29, 0.717) is 13.0 Å². The molecule has 0 saturated heterocycles. The zero-order valence-corrected chi connectivity index (χ0v) is 13.8. The molecule has 0 fully saturated rings. The maximum absolute atomic E-state index is 12.2. The first-order valence-electron chi connectivity index (χ1n) is 6.86. The molecule has 0 radical (unpaired) electrons. The summed E-state index contributed by atoms with van der Waals surface area (Å²) >= 11 is 3.36. The second kappa shape index (κ2) is 8.62. The van der Waals surface area contributed by atoms with E-state index in [4.69, 9.17) is 5.11 Å². The zero-order chi connectivity index (χ0) is 15.8. The third-order valence-corrected chi connectivity index (χ3v) is 3.51. The number of hydrogen-bond donors (Lipinski definition) is 1. The number of hydrogen-bond acceptors (Lipinski definition) is 2. The standard InChI is InChI=1S/C16H20BrNO3/c1-12(2)18(11-3-4-16(20)21)15(19)10-7-13-5-8-14(17)9-6-13/h5-10,12H,3-4,11H2,1-2H3,(H,20,21)/b10-7+. The van der Waals surface area contributed by atoms with Crippen LogP contribution in [0.3, 0.4) is 0 Å². The minimum absolute atomic E-state index is 0.0425. The third-order valence-electron chi connectivity index (χ3n) is 2.98. The minimum atomic E-state index is -0.837. The first kappa shape index (κ1) is 17.4. The summed E-state index contributed by atoms with van der Waals surface area (Å²) in [5.41, 5.74) is 0.945. The van der Waals surface area contributed by atoms with Gasteiger partial charge in [-0.25, -0.2) is 0 Å². The van der Waals surface area contributed by atoms with Crippen molar-refractivity contribution >= 4 is 33.9 Å². The van der Waals surface area contributed by atoms with Crippen molar-refractivity contribution in [1.29, 1.82) is 0 Å². The summed E-state index contributed by atoms with van der Waals surface area (Å²) in [4.78, 5) is 24.4. The number of nitrogens with zero attached hydrogens (tertiary/aromatic N) is 1. The summed E-state index contributed by atoms with van der Waals surface area (Å²) in [6.45, 7) is 4.30. The molecule has 1 amide bonds. The van der Waals surface area contributed by atoms with Gasteiger partial charge in [0.15, 0.2) is 0 Å². The highest BCUT2D eigenvalue weighted by atomic mass is 79.9. The monoisotopic (exact) mass is 353 g/mol. The molecule has 0 spiro atoms. The molecule has 1 aromatic rings. The zero-order valence-electron chi connectivity index (χ0n) is 12.3. The first-order chi connectivity index (χ1) is 9.90. The van der Waals surface area contributed by atoms with Crippen LogP contribution in [0.4, 0.5) is 0 Å². The summed E-state index contributed by atoms with van der Waals surface area (Å²) in [5.74, 6) is -0.935. The van der Waals surface area contributed by atoms with Gasteiger partial charge in [-0.1, -0.05) is 28.1 Å². The Balaban J connectivity index is 2.63. The van der Waals surface area contributed by atoms with Crippen molar-refractivity contribution in [2.24, 2.45) is 0 Å². The Morgan fingerprint density at radius 1 is 1.29 bits per heavy atom. The van der Waals surface area contributed by atoms with Gasteiger partial charge >= 0.3 is 5.97 Å². The van der Waals surface area contributed by atoms with Crippen LogP contribution in [0.15, 0.2) is 34.8 Å². The van der Waals surface area contributed by atoms with Crippen molar-refractivity contribution in [3.05, 3.63) is 40.4 Å². The summed E-state index contributed by atoms with van der Waals surface area (Å²) < 4.78 is 0.989. The normalized spacial score (nSPS) is 11.0. The Kier molecular flexibility index (Phi) is 7.15. The molecule has 1 aromatic carbocycles. The number of carbonyl (C=O) groups is 2. The van der Waals surface area contributed by atoms with E-state index in [9.17, 15) is 9.59 Å². The molecule has 0 saturated carbocycles. The summed E-state index contributed by atoms with van der Waals surface area (Å²) in [7, 11) is 0. The van der Waals surface area contributed by atoms with Gasteiger partial charge in [0.2, 0.25) is 5.91 Å². The van der Waals surface area contributed by atoms with E-state index in [1.807, 2.05) is 38.1 Å². The predicted octanol–water partition coefficient (Wildman–Crippen LogP) is 3.56. The fourth-order valence-corrected chi connectivity index (χ4v) is 2.12. The van der Waals surface area contributed by atoms with E-state index in [0.717, 1.165) is 10.0 Å². The highest BCUT2D eigenvalue weighted by Crippen LogP contribution is 2.12. The van der Waals surface area contributed by atoms with Crippen LogP contribution >= 0.6 is 15.9 Å². The van der Waals surface area contributed by atoms with Crippen molar-refractivity contribution in [2.75, 3.05) is 6.54 Å². The van der Waals surface area contributed by atoms with Gasteiger partial charge in [-0.15, -0.1) is 0 Å². The average molecular weight is 354 g/mol. The molecule has 0 aliphatic heterocycles. The number of benzene rings is 1. The molecule has 0 unspecified atom stereocenters. The van der Waals surface area contributed by atoms with E-state index in [1.54, 1.807) is 11.0 Å². The SMILES string of the molecule is CC(C)N(CCCC(=O)O)C(=O)/C=C/c1ccc(Br)cc1. The van der Waals surface area contributed by atoms with Crippen LogP contribution in [-0.2, 0) is 9.59 Å². The van der Waals surface area contributed by atoms with Crippen LogP contribution < -0.4 is 0 Å². The van der Waals surface area contributed by atoms with Crippen molar-refractivity contribution in [3.8, 4) is 0 Å². The van der Waals surface area contributed by atoms with Gasteiger partial charge in [-0.3, -0.25) is 9.59 Å². The van der Waals surface area contributed by atoms with E-state index in [1.165, 1.54) is 6.08 Å². The Bertz CT molecular complexity index is 509. The molecule has 0 aliphatic carbocycles. The van der Waals surface area contributed by atoms with Crippen LogP contribution in [0.1, 0.15) is 32.3 Å². The van der Waals surface area contributed by atoms with Crippen LogP contribution in [0.2, 0.25) is 0 Å². The van der Waals surface area contributed by atoms with Crippen LogP contribution in [0, 0.1) is 0 Å². The van der Waals surface area contributed by atoms with Crippen molar-refractivity contribution in [1.82, 2.24) is 4.90 Å². The Labute approximate surface area is 133 Å². The van der Waals surface area contributed by atoms with Crippen LogP contribution in [0.25, 0.3) is 6.08 Å². The molecular weight excluding hydrogens is 334 g/mol. The lowest BCUT2D eigenvalue weighted by Crippen LogP contribution is -2.36. The van der Waals surface area contributed by atoms with Gasteiger partial charge in [0.25, 0.3) is 0 Å². The van der Waals surface area contributed by atoms with E-state index in [-0.39, 0.29) is 18.4 Å². The molecule has 1 N–H and O–H groups in total. The highest BCUT2D eigenvalue weighted by molar-refractivity contribution is 9.10. The van der Waals surface area contributed by atoms with Gasteiger partial charge in [-0.2, -0.15) is 0 Å². The largest absolute Gasteiger partial charge is 0.481 e. The average Bonchev–Trinajstić information content (AvgIpc) is 2.42. The lowest BCUT2D eigenvalue weighted by Gasteiger charge is -2.25. The predicted molar refractivity (Wildman–Crippen MR) is 86.9 cm³/mol. The second-order valence-corrected chi connectivity index (χ2v) is 5.92. The molecule has 114 valence electrons. The van der Waals surface area contributed by atoms with E-state index < -0.39 is 5.97 Å². The molecule has 0 atom stereocenters. The van der Waals surface area contributed by atoms with Gasteiger partial charge in [-0.05, 0) is 44.0 Å². The van der Waals surface area contributed by atoms with Gasteiger partial charge in [0, 0.05) is 29.6 Å². The van der Waals surface area contributed by atoms with Gasteiger partial charge in [0.1, 0.15) is 0 Å². The van der Waals surface area contributed by atoms with E-state index >= 15 is 0 Å². The van der Waals surface area contributed by atoms with Crippen molar-refractivity contribution in [2.45, 2.75) is 32.7 Å². The minimum Gasteiger partial charge on any atom is -0.481 e. The number of halogens is 1. The maximum Gasteiger partial charge on any atom is 0.303 e. The topological polar surface area (TPSA) is 57.6 Å². The Hall–Kier alpha value is -1.62. The van der Waals surface area contributed by atoms with E-state index in [2.05, 4.69) is 15.9 Å². The molecule has 4 nitrogen and oxygen atoms in total. The van der Waals surface area contributed by atoms with Crippen LogP contribution in [-0.4, -0.2) is 34.5 Å². The molecule has 5 heteroatoms. The summed E-state index contributed by atoms with van der Waals surface area (Å²) in [6.07, 6.45) is 3.84. The second-order valence-electron chi connectivity index (χ2n) is 5.01. The summed E-state index contributed by atoms with van der Waals surface area (Å²) in [6, 6.07) is 7.70.